The first-order valence-electron chi connectivity index (χ1n) is 7.22. The fourth-order valence-corrected chi connectivity index (χ4v) is 3.13. The van der Waals surface area contributed by atoms with Gasteiger partial charge in [-0.15, -0.1) is 0 Å². The van der Waals surface area contributed by atoms with E-state index in [-0.39, 0.29) is 10.6 Å². The quantitative estimate of drug-likeness (QED) is 0.617. The Morgan fingerprint density at radius 1 is 1.12 bits per heavy atom. The van der Waals surface area contributed by atoms with Crippen molar-refractivity contribution in [1.29, 1.82) is 0 Å². The molecule has 2 amide bonds. The first-order valence-corrected chi connectivity index (χ1v) is 8.04. The molecule has 0 saturated carbocycles. The molecule has 0 unspecified atom stereocenters. The van der Waals surface area contributed by atoms with E-state index in [9.17, 15) is 18.8 Å². The molecule has 7 heteroatoms. The summed E-state index contributed by atoms with van der Waals surface area (Å²) in [6.45, 7) is 0. The molecule has 0 radical (unpaired) electrons. The van der Waals surface area contributed by atoms with Crippen LogP contribution in [0, 0.1) is 5.82 Å². The van der Waals surface area contributed by atoms with E-state index in [1.165, 1.54) is 31.4 Å². The molecule has 0 spiro atoms. The van der Waals surface area contributed by atoms with Gasteiger partial charge in [-0.3, -0.25) is 9.59 Å². The topological polar surface area (TPSA) is 63.7 Å². The van der Waals surface area contributed by atoms with Crippen LogP contribution >= 0.6 is 11.8 Å². The van der Waals surface area contributed by atoms with Crippen molar-refractivity contribution in [3.63, 3.8) is 0 Å². The molecular weight excluding hydrogens is 345 g/mol. The summed E-state index contributed by atoms with van der Waals surface area (Å²) in [4.78, 5) is 37.0. The van der Waals surface area contributed by atoms with Crippen molar-refractivity contribution >= 4 is 40.6 Å². The Balaban J connectivity index is 1.88. The minimum atomic E-state index is -0.645. The number of thioether (sulfide) groups is 1. The second kappa shape index (κ2) is 6.90. The maximum atomic E-state index is 13.9. The highest BCUT2D eigenvalue weighted by molar-refractivity contribution is 8.19. The van der Waals surface area contributed by atoms with Gasteiger partial charge in [0.2, 0.25) is 0 Å². The Morgan fingerprint density at radius 3 is 2.44 bits per heavy atom. The van der Waals surface area contributed by atoms with Crippen molar-refractivity contribution < 1.29 is 23.5 Å². The van der Waals surface area contributed by atoms with Crippen LogP contribution in [0.2, 0.25) is 0 Å². The van der Waals surface area contributed by atoms with Crippen LogP contribution in [-0.2, 0) is 9.53 Å². The first-order chi connectivity index (χ1) is 12.0. The number of nitrogens with zero attached hydrogens (tertiary/aromatic N) is 1. The zero-order valence-corrected chi connectivity index (χ0v) is 13.9. The monoisotopic (exact) mass is 357 g/mol. The van der Waals surface area contributed by atoms with Gasteiger partial charge in [0.1, 0.15) is 5.82 Å². The van der Waals surface area contributed by atoms with E-state index in [0.717, 1.165) is 16.7 Å². The van der Waals surface area contributed by atoms with Crippen LogP contribution in [0.4, 0.5) is 14.9 Å². The van der Waals surface area contributed by atoms with Crippen molar-refractivity contribution in [3.8, 4) is 0 Å². The third-order valence-electron chi connectivity index (χ3n) is 3.52. The zero-order valence-electron chi connectivity index (χ0n) is 13.1. The fraction of sp³-hybridized carbons (Fsp3) is 0.0556. The van der Waals surface area contributed by atoms with Crippen LogP contribution in [0.15, 0.2) is 53.4 Å². The molecule has 126 valence electrons. The molecule has 2 aromatic carbocycles. The molecule has 25 heavy (non-hydrogen) atoms. The van der Waals surface area contributed by atoms with Crippen LogP contribution in [0.25, 0.3) is 6.08 Å². The van der Waals surface area contributed by atoms with Gasteiger partial charge in [0.15, 0.2) is 0 Å². The summed E-state index contributed by atoms with van der Waals surface area (Å²) in [5, 5.41) is -0.562. The molecule has 3 rings (SSSR count). The molecule has 2 aromatic rings. The number of ether oxygens (including phenoxy) is 1. The summed E-state index contributed by atoms with van der Waals surface area (Å²) in [5.41, 5.74) is 0.931. The Morgan fingerprint density at radius 2 is 1.80 bits per heavy atom. The highest BCUT2D eigenvalue weighted by atomic mass is 32.2. The third-order valence-corrected chi connectivity index (χ3v) is 4.39. The van der Waals surface area contributed by atoms with Gasteiger partial charge in [0.25, 0.3) is 11.1 Å². The van der Waals surface area contributed by atoms with Gasteiger partial charge in [0, 0.05) is 0 Å². The van der Waals surface area contributed by atoms with E-state index < -0.39 is 22.9 Å². The minimum absolute atomic E-state index is 0.0746. The zero-order chi connectivity index (χ0) is 18.0. The highest BCUT2D eigenvalue weighted by Gasteiger charge is 2.37. The van der Waals surface area contributed by atoms with Crippen LogP contribution < -0.4 is 4.90 Å². The van der Waals surface area contributed by atoms with Crippen molar-refractivity contribution in [2.24, 2.45) is 0 Å². The number of methoxy groups -OCH3 is 1. The fourth-order valence-electron chi connectivity index (χ4n) is 2.29. The van der Waals surface area contributed by atoms with Crippen molar-refractivity contribution in [1.82, 2.24) is 0 Å². The molecule has 1 saturated heterocycles. The standard InChI is InChI=1S/C18H12FNO4S/c1-24-17(22)12-8-6-11(7-9-12)10-15-16(21)20(18(23)25-15)14-5-3-2-4-13(14)19/h2-10H,1H3/b15-10-. The summed E-state index contributed by atoms with van der Waals surface area (Å²) < 4.78 is 18.5. The summed E-state index contributed by atoms with van der Waals surface area (Å²) in [7, 11) is 1.29. The molecule has 1 aliphatic rings. The number of rotatable bonds is 3. The molecule has 1 aliphatic heterocycles. The molecule has 0 aromatic heterocycles. The van der Waals surface area contributed by atoms with Crippen molar-refractivity contribution in [2.75, 3.05) is 12.0 Å². The Kier molecular flexibility index (Phi) is 4.67. The summed E-state index contributed by atoms with van der Waals surface area (Å²) in [6, 6.07) is 12.0. The number of imide groups is 1. The predicted octanol–water partition coefficient (Wildman–Crippen LogP) is 3.85. The van der Waals surface area contributed by atoms with Crippen molar-refractivity contribution in [3.05, 3.63) is 70.4 Å². The van der Waals surface area contributed by atoms with E-state index in [2.05, 4.69) is 4.74 Å². The van der Waals surface area contributed by atoms with Gasteiger partial charge in [-0.05, 0) is 47.7 Å². The smallest absolute Gasteiger partial charge is 0.337 e. The van der Waals surface area contributed by atoms with Gasteiger partial charge in [-0.2, -0.15) is 0 Å². The minimum Gasteiger partial charge on any atom is -0.465 e. The lowest BCUT2D eigenvalue weighted by atomic mass is 10.1. The number of benzene rings is 2. The van der Waals surface area contributed by atoms with E-state index in [1.54, 1.807) is 30.3 Å². The number of hydrogen-bond acceptors (Lipinski definition) is 5. The van der Waals surface area contributed by atoms with E-state index in [1.807, 2.05) is 0 Å². The van der Waals surface area contributed by atoms with Gasteiger partial charge < -0.3 is 4.74 Å². The van der Waals surface area contributed by atoms with E-state index >= 15 is 0 Å². The highest BCUT2D eigenvalue weighted by Crippen LogP contribution is 2.36. The van der Waals surface area contributed by atoms with Gasteiger partial charge >= 0.3 is 5.97 Å². The molecule has 0 N–H and O–H groups in total. The SMILES string of the molecule is COC(=O)c1ccc(/C=C2\SC(=O)N(c3ccccc3F)C2=O)cc1. The first kappa shape index (κ1) is 16.9. The lowest BCUT2D eigenvalue weighted by Gasteiger charge is -2.12. The average molecular weight is 357 g/mol. The summed E-state index contributed by atoms with van der Waals surface area (Å²) in [6.07, 6.45) is 1.52. The maximum Gasteiger partial charge on any atom is 0.337 e. The lowest BCUT2D eigenvalue weighted by Crippen LogP contribution is -2.28. The number of carbonyl (C=O) groups excluding carboxylic acids is 3. The van der Waals surface area contributed by atoms with Gasteiger partial charge in [-0.25, -0.2) is 14.1 Å². The Hall–Kier alpha value is -2.93. The van der Waals surface area contributed by atoms with E-state index in [4.69, 9.17) is 0 Å². The lowest BCUT2D eigenvalue weighted by molar-refractivity contribution is -0.113. The second-order valence-electron chi connectivity index (χ2n) is 5.08. The number of hydrogen-bond donors (Lipinski definition) is 0. The molecule has 0 bridgehead atoms. The van der Waals surface area contributed by atoms with Crippen LogP contribution in [0.5, 0.6) is 0 Å². The normalized spacial score (nSPS) is 15.8. The summed E-state index contributed by atoms with van der Waals surface area (Å²) >= 11 is 0.735. The Bertz CT molecular complexity index is 892. The number of amides is 2. The Labute approximate surface area is 147 Å². The van der Waals surface area contributed by atoms with Gasteiger partial charge in [0.05, 0.1) is 23.3 Å². The molecule has 0 aliphatic carbocycles. The number of esters is 1. The van der Waals surface area contributed by atoms with Crippen molar-refractivity contribution in [2.45, 2.75) is 0 Å². The molecule has 1 heterocycles. The number of anilines is 1. The largest absolute Gasteiger partial charge is 0.465 e. The molecular formula is C18H12FNO4S. The van der Waals surface area contributed by atoms with Crippen LogP contribution in [0.3, 0.4) is 0 Å². The maximum absolute atomic E-state index is 13.9. The molecule has 5 nitrogen and oxygen atoms in total. The predicted molar refractivity (Wildman–Crippen MR) is 92.6 cm³/mol. The number of halogens is 1. The summed E-state index contributed by atoms with van der Waals surface area (Å²) in [5.74, 6) is -1.70. The van der Waals surface area contributed by atoms with Gasteiger partial charge in [-0.1, -0.05) is 24.3 Å². The number of para-hydroxylation sites is 1. The molecule has 0 atom stereocenters. The van der Waals surface area contributed by atoms with E-state index in [0.29, 0.717) is 11.1 Å². The second-order valence-corrected chi connectivity index (χ2v) is 6.08. The average Bonchev–Trinajstić information content (AvgIpc) is 2.89. The third kappa shape index (κ3) is 3.32. The molecule has 1 fully saturated rings. The van der Waals surface area contributed by atoms with Crippen LogP contribution in [-0.4, -0.2) is 24.2 Å². The number of carbonyl (C=O) groups is 3. The van der Waals surface area contributed by atoms with Crippen LogP contribution in [0.1, 0.15) is 15.9 Å².